The molecule has 2 aliphatic carbocycles. The molecule has 0 saturated heterocycles. The number of carbonyl (C=O) groups excluding carboxylic acids is 1. The Kier molecular flexibility index (Phi) is 6.22. The van der Waals surface area contributed by atoms with E-state index < -0.39 is 20.5 Å². The summed E-state index contributed by atoms with van der Waals surface area (Å²) in [5.41, 5.74) is 2.80. The maximum atomic E-state index is 14.2. The van der Waals surface area contributed by atoms with Crippen molar-refractivity contribution in [3.63, 3.8) is 0 Å². The molecule has 38 heavy (non-hydrogen) atoms. The molecule has 2 aromatic carbocycles. The smallest absolute Gasteiger partial charge is 0.188 e. The molecule has 0 radical (unpaired) electrons. The molecule has 8 heteroatoms. The van der Waals surface area contributed by atoms with Gasteiger partial charge in [0.15, 0.2) is 15.6 Å². The van der Waals surface area contributed by atoms with Gasteiger partial charge in [-0.05, 0) is 73.6 Å². The van der Waals surface area contributed by atoms with E-state index in [0.717, 1.165) is 22.6 Å². The van der Waals surface area contributed by atoms with E-state index in [0.29, 0.717) is 31.4 Å². The van der Waals surface area contributed by atoms with Crippen LogP contribution < -0.4 is 0 Å². The maximum Gasteiger partial charge on any atom is 0.188 e. The predicted molar refractivity (Wildman–Crippen MR) is 142 cm³/mol. The third-order valence-electron chi connectivity index (χ3n) is 8.26. The highest BCUT2D eigenvalue weighted by Crippen LogP contribution is 2.52. The van der Waals surface area contributed by atoms with Gasteiger partial charge in [-0.25, -0.2) is 17.8 Å². The standard InChI is InChI=1S/C30H28FN3O3S/c31-23-10-12-24(13-11-23)34-20-33-27-18-30(29(35)26-8-4-5-15-32-26)17-25(14-9-22(30)16-28(27)34)38(36,37)19-21-6-2-1-3-7-21/h1-8,10-13,15,20,22,25H,9,14,16-19H2/t22?,25-,30+/m0/s1. The number of nitrogens with zero attached hydrogens (tertiary/aromatic N) is 3. The molecule has 2 aliphatic rings. The Morgan fingerprint density at radius 2 is 1.74 bits per heavy atom. The molecule has 1 saturated carbocycles. The molecule has 0 N–H and O–H groups in total. The van der Waals surface area contributed by atoms with Gasteiger partial charge in [0.25, 0.3) is 0 Å². The molecule has 2 aromatic heterocycles. The molecule has 3 atom stereocenters. The van der Waals surface area contributed by atoms with E-state index in [1.807, 2.05) is 34.9 Å². The number of ketones is 1. The number of pyridine rings is 1. The highest BCUT2D eigenvalue weighted by molar-refractivity contribution is 7.91. The van der Waals surface area contributed by atoms with Crippen LogP contribution in [0.25, 0.3) is 5.69 Å². The quantitative estimate of drug-likeness (QED) is 0.323. The van der Waals surface area contributed by atoms with E-state index in [9.17, 15) is 17.6 Å². The zero-order valence-corrected chi connectivity index (χ0v) is 21.6. The van der Waals surface area contributed by atoms with Gasteiger partial charge in [0.2, 0.25) is 0 Å². The van der Waals surface area contributed by atoms with Crippen LogP contribution in [-0.4, -0.2) is 34.0 Å². The number of hydrogen-bond acceptors (Lipinski definition) is 5. The Hall–Kier alpha value is -3.65. The van der Waals surface area contributed by atoms with E-state index >= 15 is 0 Å². The van der Waals surface area contributed by atoms with Gasteiger partial charge in [0.1, 0.15) is 11.5 Å². The van der Waals surface area contributed by atoms with Crippen LogP contribution in [0.1, 0.15) is 46.7 Å². The predicted octanol–water partition coefficient (Wildman–Crippen LogP) is 5.16. The van der Waals surface area contributed by atoms with Gasteiger partial charge in [0, 0.05) is 29.4 Å². The van der Waals surface area contributed by atoms with Gasteiger partial charge >= 0.3 is 0 Å². The van der Waals surface area contributed by atoms with E-state index in [2.05, 4.69) is 9.97 Å². The number of rotatable bonds is 6. The van der Waals surface area contributed by atoms with E-state index in [-0.39, 0.29) is 29.7 Å². The maximum absolute atomic E-state index is 14.2. The second-order valence-corrected chi connectivity index (χ2v) is 12.7. The summed E-state index contributed by atoms with van der Waals surface area (Å²) in [4.78, 5) is 23.2. The van der Waals surface area contributed by atoms with Crippen LogP contribution in [-0.2, 0) is 28.4 Å². The Balaban J connectivity index is 1.39. The normalized spacial score (nSPS) is 22.9. The topological polar surface area (TPSA) is 81.9 Å². The van der Waals surface area contributed by atoms with Gasteiger partial charge in [-0.3, -0.25) is 9.78 Å². The highest BCUT2D eigenvalue weighted by atomic mass is 32.2. The minimum atomic E-state index is -3.49. The van der Waals surface area contributed by atoms with Crippen molar-refractivity contribution in [2.45, 2.75) is 43.1 Å². The van der Waals surface area contributed by atoms with Crippen molar-refractivity contribution in [2.75, 3.05) is 0 Å². The van der Waals surface area contributed by atoms with E-state index in [1.165, 1.54) is 12.1 Å². The lowest BCUT2D eigenvalue weighted by atomic mass is 9.57. The van der Waals surface area contributed by atoms with Crippen molar-refractivity contribution >= 4 is 15.6 Å². The van der Waals surface area contributed by atoms with Crippen molar-refractivity contribution < 1.29 is 17.6 Å². The summed E-state index contributed by atoms with van der Waals surface area (Å²) in [6, 6.07) is 20.7. The Morgan fingerprint density at radius 1 is 0.974 bits per heavy atom. The number of Topliss-reactive ketones (excluding diaryl/α,β-unsaturated/α-hetero) is 1. The molecule has 1 unspecified atom stereocenters. The summed E-state index contributed by atoms with van der Waals surface area (Å²) >= 11 is 0. The van der Waals surface area contributed by atoms with Crippen molar-refractivity contribution in [1.82, 2.24) is 14.5 Å². The van der Waals surface area contributed by atoms with Crippen LogP contribution in [0.4, 0.5) is 4.39 Å². The number of imidazole rings is 1. The first-order valence-corrected chi connectivity index (χ1v) is 14.6. The second kappa shape index (κ2) is 9.58. The highest BCUT2D eigenvalue weighted by Gasteiger charge is 2.55. The van der Waals surface area contributed by atoms with Gasteiger partial charge < -0.3 is 4.57 Å². The summed E-state index contributed by atoms with van der Waals surface area (Å²) in [5, 5.41) is -0.618. The van der Waals surface area contributed by atoms with Crippen LogP contribution in [0.3, 0.4) is 0 Å². The summed E-state index contributed by atoms with van der Waals surface area (Å²) < 4.78 is 42.7. The lowest BCUT2D eigenvalue weighted by Gasteiger charge is -2.48. The largest absolute Gasteiger partial charge is 0.303 e. The number of sulfone groups is 1. The zero-order chi connectivity index (χ0) is 26.3. The van der Waals surface area contributed by atoms with Crippen molar-refractivity contribution in [3.05, 3.63) is 114 Å². The third-order valence-corrected chi connectivity index (χ3v) is 10.4. The van der Waals surface area contributed by atoms with E-state index in [1.54, 1.807) is 42.9 Å². The molecule has 194 valence electrons. The van der Waals surface area contributed by atoms with Gasteiger partial charge in [0.05, 0.1) is 23.0 Å². The molecule has 0 aliphatic heterocycles. The molecule has 0 amide bonds. The lowest BCUT2D eigenvalue weighted by Crippen LogP contribution is -2.51. The number of halogens is 1. The number of aromatic nitrogens is 3. The third kappa shape index (κ3) is 4.36. The first-order valence-electron chi connectivity index (χ1n) is 12.9. The summed E-state index contributed by atoms with van der Waals surface area (Å²) in [6.45, 7) is 0. The fourth-order valence-corrected chi connectivity index (χ4v) is 8.26. The van der Waals surface area contributed by atoms with Crippen LogP contribution in [0.5, 0.6) is 0 Å². The van der Waals surface area contributed by atoms with Gasteiger partial charge in [-0.1, -0.05) is 36.4 Å². The monoisotopic (exact) mass is 529 g/mol. The van der Waals surface area contributed by atoms with E-state index in [4.69, 9.17) is 0 Å². The second-order valence-electron chi connectivity index (χ2n) is 10.5. The first-order chi connectivity index (χ1) is 18.4. The summed E-state index contributed by atoms with van der Waals surface area (Å²) in [7, 11) is -3.49. The summed E-state index contributed by atoms with van der Waals surface area (Å²) in [5.74, 6) is -0.507. The Bertz CT molecular complexity index is 1570. The molecular formula is C30H28FN3O3S. The fourth-order valence-electron chi connectivity index (χ4n) is 6.32. The number of fused-ring (bicyclic) bond motifs is 2. The van der Waals surface area contributed by atoms with Gasteiger partial charge in [-0.2, -0.15) is 0 Å². The van der Waals surface area contributed by atoms with Gasteiger partial charge in [-0.15, -0.1) is 0 Å². The van der Waals surface area contributed by atoms with Crippen LogP contribution in [0.15, 0.2) is 85.3 Å². The molecule has 0 spiro atoms. The molecule has 2 heterocycles. The SMILES string of the molecule is O=C(c1ccccn1)[C@]12Cc3ncn(-c4ccc(F)cc4)c3CC1CC[C@H](S(=O)(=O)Cc1ccccc1)C2. The zero-order valence-electron chi connectivity index (χ0n) is 20.8. The lowest BCUT2D eigenvalue weighted by molar-refractivity contribution is 0.0483. The number of carbonyl (C=O) groups is 1. The molecule has 6 nitrogen and oxygen atoms in total. The van der Waals surface area contributed by atoms with Crippen molar-refractivity contribution in [2.24, 2.45) is 11.3 Å². The Morgan fingerprint density at radius 3 is 2.47 bits per heavy atom. The van der Waals surface area contributed by atoms with Crippen molar-refractivity contribution in [1.29, 1.82) is 0 Å². The minimum absolute atomic E-state index is 0.0402. The first kappa shape index (κ1) is 24.7. The molecule has 6 rings (SSSR count). The molecular weight excluding hydrogens is 501 g/mol. The van der Waals surface area contributed by atoms with Crippen LogP contribution >= 0.6 is 0 Å². The fraction of sp³-hybridized carbons (Fsp3) is 0.300. The molecule has 0 bridgehead atoms. The summed E-state index contributed by atoms with van der Waals surface area (Å²) in [6.07, 6.45) is 5.65. The van der Waals surface area contributed by atoms with Crippen LogP contribution in [0.2, 0.25) is 0 Å². The minimum Gasteiger partial charge on any atom is -0.303 e. The number of benzene rings is 2. The molecule has 4 aromatic rings. The van der Waals surface area contributed by atoms with Crippen LogP contribution in [0, 0.1) is 17.2 Å². The van der Waals surface area contributed by atoms with Crippen molar-refractivity contribution in [3.8, 4) is 5.69 Å². The average Bonchev–Trinajstić information content (AvgIpc) is 3.34. The number of hydrogen-bond donors (Lipinski definition) is 0. The Labute approximate surface area is 221 Å². The average molecular weight is 530 g/mol. The molecule has 1 fully saturated rings.